The van der Waals surface area contributed by atoms with Crippen molar-refractivity contribution in [1.29, 1.82) is 0 Å². The largest absolute Gasteiger partial charge is 0.142 e. The Bertz CT molecular complexity index is 725. The first-order valence-corrected chi connectivity index (χ1v) is 10.3. The van der Waals surface area contributed by atoms with E-state index < -0.39 is 0 Å². The van der Waals surface area contributed by atoms with Gasteiger partial charge in [0, 0.05) is 18.5 Å². The molecule has 0 bridgehead atoms. The summed E-state index contributed by atoms with van der Waals surface area (Å²) in [6.45, 7) is 0. The Labute approximate surface area is 152 Å². The Morgan fingerprint density at radius 2 is 1.84 bits per heavy atom. The van der Waals surface area contributed by atoms with Gasteiger partial charge in [-0.15, -0.1) is 22.7 Å². The van der Waals surface area contributed by atoms with Gasteiger partial charge in [-0.25, -0.2) is 0 Å². The molecule has 0 radical (unpaired) electrons. The molecule has 0 fully saturated rings. The minimum Gasteiger partial charge on any atom is -0.142 e. The van der Waals surface area contributed by atoms with Crippen LogP contribution >= 0.6 is 86.4 Å². The Morgan fingerprint density at radius 1 is 1.05 bits per heavy atom. The molecule has 0 saturated carbocycles. The predicted octanol–water partition coefficient (Wildman–Crippen LogP) is 7.73. The first-order chi connectivity index (χ1) is 9.08. The fourth-order valence-corrected chi connectivity index (χ4v) is 6.58. The van der Waals surface area contributed by atoms with Gasteiger partial charge in [-0.1, -0.05) is 28.1 Å². The number of hydrogen-bond acceptors (Lipinski definition) is 2. The molecule has 98 valence electrons. The minimum atomic E-state index is 0.225. The lowest BCUT2D eigenvalue weighted by Gasteiger charge is -2.06. The molecule has 0 aliphatic heterocycles. The van der Waals surface area contributed by atoms with Gasteiger partial charge in [0.15, 0.2) is 0 Å². The van der Waals surface area contributed by atoms with E-state index in [4.69, 9.17) is 0 Å². The van der Waals surface area contributed by atoms with Crippen LogP contribution < -0.4 is 0 Å². The van der Waals surface area contributed by atoms with Crippen LogP contribution in [0.2, 0.25) is 0 Å². The zero-order chi connectivity index (χ0) is 13.6. The molecule has 2 heterocycles. The summed E-state index contributed by atoms with van der Waals surface area (Å²) in [5, 5.41) is 3.54. The summed E-state index contributed by atoms with van der Waals surface area (Å²) >= 11 is 18.1. The first kappa shape index (κ1) is 14.7. The van der Waals surface area contributed by atoms with Crippen molar-refractivity contribution in [2.75, 3.05) is 0 Å². The number of fused-ring (bicyclic) bond motifs is 1. The Hall–Kier alpha value is 0.800. The predicted molar refractivity (Wildman–Crippen MR) is 100 cm³/mol. The molecular weight excluding hydrogens is 540 g/mol. The molecule has 0 amide bonds. The average Bonchev–Trinajstić information content (AvgIpc) is 2.94. The first-order valence-electron chi connectivity index (χ1n) is 5.32. The number of rotatable bonds is 2. The van der Waals surface area contributed by atoms with Crippen molar-refractivity contribution in [3.63, 3.8) is 0 Å². The fraction of sp³-hybridized carbons (Fsp3) is 0.0769. The smallest absolute Gasteiger partial charge is 0.0843 e. The third-order valence-corrected chi connectivity index (χ3v) is 9.35. The van der Waals surface area contributed by atoms with Crippen molar-refractivity contribution in [2.45, 2.75) is 4.83 Å². The number of halogens is 4. The number of thiophene rings is 2. The van der Waals surface area contributed by atoms with Crippen molar-refractivity contribution in [2.24, 2.45) is 0 Å². The quantitative estimate of drug-likeness (QED) is 0.289. The summed E-state index contributed by atoms with van der Waals surface area (Å²) in [7, 11) is 0. The van der Waals surface area contributed by atoms with E-state index in [1.807, 2.05) is 0 Å². The maximum absolute atomic E-state index is 3.83. The Balaban J connectivity index is 2.11. The average molecular weight is 546 g/mol. The van der Waals surface area contributed by atoms with Crippen LogP contribution in [0.4, 0.5) is 0 Å². The van der Waals surface area contributed by atoms with Crippen molar-refractivity contribution in [3.05, 3.63) is 52.8 Å². The lowest BCUT2D eigenvalue weighted by molar-refractivity contribution is 1.26. The maximum atomic E-state index is 3.83. The number of hydrogen-bond donors (Lipinski definition) is 0. The van der Waals surface area contributed by atoms with Crippen LogP contribution in [0.5, 0.6) is 0 Å². The Kier molecular flexibility index (Phi) is 4.57. The molecule has 0 N–H and O–H groups in total. The molecule has 1 atom stereocenters. The molecule has 0 nitrogen and oxygen atoms in total. The van der Waals surface area contributed by atoms with Gasteiger partial charge >= 0.3 is 0 Å². The van der Waals surface area contributed by atoms with E-state index in [0.29, 0.717) is 0 Å². The fourth-order valence-electron chi connectivity index (χ4n) is 1.88. The molecule has 0 saturated heterocycles. The highest BCUT2D eigenvalue weighted by Crippen LogP contribution is 2.45. The van der Waals surface area contributed by atoms with Gasteiger partial charge in [-0.05, 0) is 76.3 Å². The SMILES string of the molecule is Brc1cc(C(Br)c2csc3c(Br)cccc23)sc1Br. The molecule has 0 spiro atoms. The third kappa shape index (κ3) is 2.77. The molecule has 3 aromatic rings. The van der Waals surface area contributed by atoms with Crippen molar-refractivity contribution >= 4 is 96.5 Å². The topological polar surface area (TPSA) is 0 Å². The molecule has 0 aliphatic carbocycles. The molecular formula is C13H6Br4S2. The van der Waals surface area contributed by atoms with Gasteiger partial charge in [0.2, 0.25) is 0 Å². The molecule has 1 aromatic carbocycles. The summed E-state index contributed by atoms with van der Waals surface area (Å²) in [6, 6.07) is 8.51. The molecule has 19 heavy (non-hydrogen) atoms. The van der Waals surface area contributed by atoms with Crippen LogP contribution in [0.3, 0.4) is 0 Å². The van der Waals surface area contributed by atoms with Crippen molar-refractivity contribution < 1.29 is 0 Å². The summed E-state index contributed by atoms with van der Waals surface area (Å²) in [5.41, 5.74) is 1.32. The molecule has 6 heteroatoms. The van der Waals surface area contributed by atoms with Crippen LogP contribution in [0.25, 0.3) is 10.1 Å². The van der Waals surface area contributed by atoms with Gasteiger partial charge in [-0.2, -0.15) is 0 Å². The van der Waals surface area contributed by atoms with E-state index in [9.17, 15) is 0 Å². The number of alkyl halides is 1. The van der Waals surface area contributed by atoms with Crippen molar-refractivity contribution in [3.8, 4) is 0 Å². The molecule has 2 aromatic heterocycles. The summed E-state index contributed by atoms with van der Waals surface area (Å²) < 4.78 is 4.71. The summed E-state index contributed by atoms with van der Waals surface area (Å²) in [6.07, 6.45) is 0. The van der Waals surface area contributed by atoms with Crippen molar-refractivity contribution in [1.82, 2.24) is 0 Å². The lowest BCUT2D eigenvalue weighted by Crippen LogP contribution is -1.87. The minimum absolute atomic E-state index is 0.225. The van der Waals surface area contributed by atoms with Gasteiger partial charge in [0.05, 0.1) is 8.61 Å². The second kappa shape index (κ2) is 5.89. The van der Waals surface area contributed by atoms with E-state index in [0.717, 1.165) is 12.7 Å². The summed E-state index contributed by atoms with van der Waals surface area (Å²) in [5.74, 6) is 0. The second-order valence-corrected chi connectivity index (χ2v) is 9.85. The zero-order valence-electron chi connectivity index (χ0n) is 9.29. The third-order valence-electron chi connectivity index (χ3n) is 2.77. The van der Waals surface area contributed by atoms with E-state index in [-0.39, 0.29) is 4.83 Å². The van der Waals surface area contributed by atoms with Crippen LogP contribution in [0.15, 0.2) is 42.4 Å². The molecule has 0 aliphatic rings. The summed E-state index contributed by atoms with van der Waals surface area (Å²) in [4.78, 5) is 1.52. The van der Waals surface area contributed by atoms with E-state index >= 15 is 0 Å². The van der Waals surface area contributed by atoms with Crippen LogP contribution in [0, 0.1) is 0 Å². The van der Waals surface area contributed by atoms with Gasteiger partial charge < -0.3 is 0 Å². The highest BCUT2D eigenvalue weighted by molar-refractivity contribution is 9.13. The van der Waals surface area contributed by atoms with Crippen LogP contribution in [-0.2, 0) is 0 Å². The van der Waals surface area contributed by atoms with Crippen LogP contribution in [-0.4, -0.2) is 0 Å². The Morgan fingerprint density at radius 3 is 2.53 bits per heavy atom. The molecule has 1 unspecified atom stereocenters. The highest BCUT2D eigenvalue weighted by atomic mass is 79.9. The highest BCUT2D eigenvalue weighted by Gasteiger charge is 2.19. The zero-order valence-corrected chi connectivity index (χ0v) is 17.3. The maximum Gasteiger partial charge on any atom is 0.0843 e. The van der Waals surface area contributed by atoms with Gasteiger partial charge in [0.25, 0.3) is 0 Å². The van der Waals surface area contributed by atoms with Crippen LogP contribution in [0.1, 0.15) is 15.3 Å². The van der Waals surface area contributed by atoms with E-state index in [1.54, 1.807) is 22.7 Å². The monoisotopic (exact) mass is 542 g/mol. The number of benzene rings is 1. The molecule has 3 rings (SSSR count). The standard InChI is InChI=1S/C13H6Br4S2/c14-8-3-1-2-6-7(5-18-12(6)8)11(16)10-4-9(15)13(17)19-10/h1-5,11H. The lowest BCUT2D eigenvalue weighted by atomic mass is 10.1. The normalized spacial score (nSPS) is 13.1. The second-order valence-electron chi connectivity index (χ2n) is 3.94. The van der Waals surface area contributed by atoms with Gasteiger partial charge in [0.1, 0.15) is 0 Å². The van der Waals surface area contributed by atoms with E-state index in [1.165, 1.54) is 20.5 Å². The van der Waals surface area contributed by atoms with E-state index in [2.05, 4.69) is 93.4 Å². The van der Waals surface area contributed by atoms with Gasteiger partial charge in [-0.3, -0.25) is 0 Å².